The van der Waals surface area contributed by atoms with Crippen LogP contribution in [0.5, 0.6) is 0 Å². The van der Waals surface area contributed by atoms with E-state index in [1.807, 2.05) is 0 Å². The highest BCUT2D eigenvalue weighted by Crippen LogP contribution is 2.55. The molecule has 1 aliphatic heterocycles. The Morgan fingerprint density at radius 3 is 2.89 bits per heavy atom. The lowest BCUT2D eigenvalue weighted by Crippen LogP contribution is -2.54. The predicted molar refractivity (Wildman–Crippen MR) is 75.9 cm³/mol. The summed E-state index contributed by atoms with van der Waals surface area (Å²) in [4.78, 5) is 0. The second-order valence-electron chi connectivity index (χ2n) is 6.69. The molecule has 0 amide bonds. The zero-order valence-electron chi connectivity index (χ0n) is 11.5. The summed E-state index contributed by atoms with van der Waals surface area (Å²) < 4.78 is 6.35. The molecule has 3 rings (SSSR count). The summed E-state index contributed by atoms with van der Waals surface area (Å²) in [5.74, 6) is 0.616. The SMILES string of the molecule is CC1CC(C)(C)CC12OCCNC2c1ccsc1. The van der Waals surface area contributed by atoms with Gasteiger partial charge in [0.15, 0.2) is 0 Å². The highest BCUT2D eigenvalue weighted by molar-refractivity contribution is 7.07. The van der Waals surface area contributed by atoms with Gasteiger partial charge in [0.2, 0.25) is 0 Å². The number of ether oxygens (including phenoxy) is 1. The molecule has 100 valence electrons. The van der Waals surface area contributed by atoms with Crippen LogP contribution in [0, 0.1) is 11.3 Å². The summed E-state index contributed by atoms with van der Waals surface area (Å²) >= 11 is 1.78. The molecule has 2 nitrogen and oxygen atoms in total. The van der Waals surface area contributed by atoms with Crippen molar-refractivity contribution in [2.24, 2.45) is 11.3 Å². The minimum absolute atomic E-state index is 0.00280. The van der Waals surface area contributed by atoms with Gasteiger partial charge in [0.25, 0.3) is 0 Å². The molecule has 1 saturated carbocycles. The first-order valence-corrected chi connectivity index (χ1v) is 7.87. The maximum atomic E-state index is 6.35. The van der Waals surface area contributed by atoms with Crippen LogP contribution >= 0.6 is 11.3 Å². The Kier molecular flexibility index (Phi) is 3.04. The number of rotatable bonds is 1. The number of thiophene rings is 1. The minimum atomic E-state index is 0.00280. The Hall–Kier alpha value is -0.380. The van der Waals surface area contributed by atoms with Crippen LogP contribution in [0.15, 0.2) is 16.8 Å². The summed E-state index contributed by atoms with van der Waals surface area (Å²) in [6.45, 7) is 8.93. The molecule has 1 saturated heterocycles. The van der Waals surface area contributed by atoms with E-state index in [4.69, 9.17) is 4.74 Å². The van der Waals surface area contributed by atoms with Crippen LogP contribution in [0.3, 0.4) is 0 Å². The van der Waals surface area contributed by atoms with Crippen LogP contribution in [0.2, 0.25) is 0 Å². The summed E-state index contributed by atoms with van der Waals surface area (Å²) in [6, 6.07) is 2.62. The fourth-order valence-electron chi connectivity index (χ4n) is 4.12. The van der Waals surface area contributed by atoms with Crippen LogP contribution in [0.25, 0.3) is 0 Å². The maximum Gasteiger partial charge on any atom is 0.0907 e. The van der Waals surface area contributed by atoms with Crippen LogP contribution in [-0.4, -0.2) is 18.8 Å². The van der Waals surface area contributed by atoms with Crippen LogP contribution in [0.1, 0.15) is 45.2 Å². The van der Waals surface area contributed by atoms with Gasteiger partial charge in [0.05, 0.1) is 18.2 Å². The van der Waals surface area contributed by atoms with Gasteiger partial charge in [-0.05, 0) is 46.6 Å². The molecule has 1 aromatic rings. The van der Waals surface area contributed by atoms with Gasteiger partial charge in [0, 0.05) is 6.54 Å². The van der Waals surface area contributed by atoms with E-state index >= 15 is 0 Å². The Morgan fingerprint density at radius 2 is 2.28 bits per heavy atom. The zero-order chi connectivity index (χ0) is 12.8. The second kappa shape index (κ2) is 4.32. The Labute approximate surface area is 114 Å². The van der Waals surface area contributed by atoms with Crippen LogP contribution < -0.4 is 5.32 Å². The molecule has 18 heavy (non-hydrogen) atoms. The average molecular weight is 265 g/mol. The zero-order valence-corrected chi connectivity index (χ0v) is 12.3. The van der Waals surface area contributed by atoms with Gasteiger partial charge in [-0.3, -0.25) is 0 Å². The summed E-state index contributed by atoms with van der Waals surface area (Å²) in [5, 5.41) is 8.14. The third kappa shape index (κ3) is 1.93. The first-order valence-electron chi connectivity index (χ1n) is 6.93. The molecule has 1 aromatic heterocycles. The fraction of sp³-hybridized carbons (Fsp3) is 0.733. The van der Waals surface area contributed by atoms with E-state index in [9.17, 15) is 0 Å². The van der Waals surface area contributed by atoms with Gasteiger partial charge < -0.3 is 10.1 Å². The number of hydrogen-bond acceptors (Lipinski definition) is 3. The van der Waals surface area contributed by atoms with Crippen LogP contribution in [-0.2, 0) is 4.74 Å². The van der Waals surface area contributed by atoms with Crippen molar-refractivity contribution in [1.82, 2.24) is 5.32 Å². The summed E-state index contributed by atoms with van der Waals surface area (Å²) in [5.41, 5.74) is 1.81. The van der Waals surface area contributed by atoms with Gasteiger partial charge in [-0.2, -0.15) is 11.3 Å². The summed E-state index contributed by atoms with van der Waals surface area (Å²) in [6.07, 6.45) is 2.42. The van der Waals surface area contributed by atoms with Gasteiger partial charge in [0.1, 0.15) is 0 Å². The van der Waals surface area contributed by atoms with Crippen molar-refractivity contribution in [3.63, 3.8) is 0 Å². The van der Waals surface area contributed by atoms with Gasteiger partial charge in [-0.1, -0.05) is 20.8 Å². The van der Waals surface area contributed by atoms with E-state index in [1.54, 1.807) is 11.3 Å². The molecule has 1 spiro atoms. The molecule has 3 atom stereocenters. The third-order valence-electron chi connectivity index (χ3n) is 4.63. The molecule has 1 N–H and O–H groups in total. The van der Waals surface area contributed by atoms with Crippen LogP contribution in [0.4, 0.5) is 0 Å². The van der Waals surface area contributed by atoms with E-state index in [0.29, 0.717) is 17.4 Å². The molecule has 2 fully saturated rings. The lowest BCUT2D eigenvalue weighted by atomic mass is 9.79. The minimum Gasteiger partial charge on any atom is -0.371 e. The first kappa shape index (κ1) is 12.6. The Bertz CT molecular complexity index is 414. The Morgan fingerprint density at radius 1 is 1.44 bits per heavy atom. The second-order valence-corrected chi connectivity index (χ2v) is 7.47. The van der Waals surface area contributed by atoms with Crippen molar-refractivity contribution >= 4 is 11.3 Å². The lowest BCUT2D eigenvalue weighted by molar-refractivity contribution is -0.121. The normalized spacial score (nSPS) is 39.3. The number of nitrogens with one attached hydrogen (secondary N) is 1. The average Bonchev–Trinajstić information content (AvgIpc) is 2.87. The molecule has 1 aliphatic carbocycles. The molecule has 0 bridgehead atoms. The quantitative estimate of drug-likeness (QED) is 0.837. The van der Waals surface area contributed by atoms with Gasteiger partial charge >= 0.3 is 0 Å². The van der Waals surface area contributed by atoms with Gasteiger partial charge in [-0.15, -0.1) is 0 Å². The van der Waals surface area contributed by atoms with E-state index in [0.717, 1.165) is 19.6 Å². The van der Waals surface area contributed by atoms with Crippen molar-refractivity contribution in [2.75, 3.05) is 13.2 Å². The van der Waals surface area contributed by atoms with Crippen molar-refractivity contribution in [1.29, 1.82) is 0 Å². The van der Waals surface area contributed by atoms with Crippen molar-refractivity contribution < 1.29 is 4.74 Å². The standard InChI is InChI=1S/C15H23NOS/c1-11-8-14(2,3)10-15(11)13(16-5-6-17-15)12-4-7-18-9-12/h4,7,9,11,13,16H,5-6,8,10H2,1-3H3. The molecular weight excluding hydrogens is 242 g/mol. The smallest absolute Gasteiger partial charge is 0.0907 e. The molecule has 0 aromatic carbocycles. The van der Waals surface area contributed by atoms with Crippen molar-refractivity contribution in [3.8, 4) is 0 Å². The van der Waals surface area contributed by atoms with Crippen molar-refractivity contribution in [3.05, 3.63) is 22.4 Å². The molecule has 3 heteroatoms. The Balaban J connectivity index is 1.97. The van der Waals surface area contributed by atoms with E-state index < -0.39 is 0 Å². The first-order chi connectivity index (χ1) is 8.54. The van der Waals surface area contributed by atoms with Crippen molar-refractivity contribution in [2.45, 2.75) is 45.3 Å². The monoisotopic (exact) mass is 265 g/mol. The highest BCUT2D eigenvalue weighted by Gasteiger charge is 2.55. The highest BCUT2D eigenvalue weighted by atomic mass is 32.1. The predicted octanol–water partition coefficient (Wildman–Crippen LogP) is 3.60. The third-order valence-corrected chi connectivity index (χ3v) is 5.34. The van der Waals surface area contributed by atoms with E-state index in [-0.39, 0.29) is 5.60 Å². The van der Waals surface area contributed by atoms with E-state index in [2.05, 4.69) is 42.9 Å². The maximum absolute atomic E-state index is 6.35. The van der Waals surface area contributed by atoms with E-state index in [1.165, 1.54) is 12.0 Å². The molecule has 2 aliphatic rings. The summed E-state index contributed by atoms with van der Waals surface area (Å²) in [7, 11) is 0. The molecule has 3 unspecified atom stereocenters. The topological polar surface area (TPSA) is 21.3 Å². The fourth-order valence-corrected chi connectivity index (χ4v) is 4.80. The number of morpholine rings is 1. The molecular formula is C15H23NOS. The lowest BCUT2D eigenvalue weighted by Gasteiger charge is -2.45. The molecule has 0 radical (unpaired) electrons. The molecule has 2 heterocycles. The number of hydrogen-bond donors (Lipinski definition) is 1. The largest absolute Gasteiger partial charge is 0.371 e. The van der Waals surface area contributed by atoms with Gasteiger partial charge in [-0.25, -0.2) is 0 Å².